The van der Waals surface area contributed by atoms with Gasteiger partial charge in [-0.05, 0) is 62.3 Å². The van der Waals surface area contributed by atoms with Crippen LogP contribution in [0.25, 0.3) is 0 Å². The number of carbonyl (C=O) groups is 10. The SMILES string of the molecule is CO[C@H]1OCCN2[C@@H]1O[C@@H]1[C@H](C)O[C@@H](O[C@H]3C[C@](O)(C(=O)CO)Cc4c(O)c5c(c(O)c43)C(=O)c3c(OC(=O)OCc4ccc(NC(=O)[C@@H](CCCNC(N)=O)NC(=O)[C@H](NC(=O)CCCCCN6C(=O)C=CC6=O)C(C)C)cc4)cccc3C5=O)C[C@@H]12. The fourth-order valence-corrected chi connectivity index (χ4v) is 12.0. The van der Waals surface area contributed by atoms with Gasteiger partial charge in [0.15, 0.2) is 30.4 Å². The van der Waals surface area contributed by atoms with Crippen molar-refractivity contribution in [2.24, 2.45) is 11.7 Å². The van der Waals surface area contributed by atoms with Crippen molar-refractivity contribution in [2.45, 2.75) is 146 Å². The minimum Gasteiger partial charge on any atom is -0.507 e. The predicted octanol–water partition coefficient (Wildman–Crippen LogP) is 1.92. The number of carbonyl (C=O) groups excluding carboxylic acids is 10. The number of methoxy groups -OCH3 is 1. The van der Waals surface area contributed by atoms with Crippen LogP contribution in [0.4, 0.5) is 15.3 Å². The first-order valence-corrected chi connectivity index (χ1v) is 29.0. The molecule has 88 heavy (non-hydrogen) atoms. The molecule has 28 nitrogen and oxygen atoms in total. The van der Waals surface area contributed by atoms with Gasteiger partial charge in [-0.15, -0.1) is 0 Å². The van der Waals surface area contributed by atoms with E-state index in [-0.39, 0.29) is 79.0 Å². The molecule has 0 aromatic heterocycles. The number of rotatable bonds is 24. The molecule has 3 aromatic carbocycles. The zero-order chi connectivity index (χ0) is 63.3. The van der Waals surface area contributed by atoms with Gasteiger partial charge in [0, 0.05) is 93.0 Å². The van der Waals surface area contributed by atoms with Crippen molar-refractivity contribution in [2.75, 3.05) is 45.3 Å². The van der Waals surface area contributed by atoms with E-state index in [9.17, 15) is 68.4 Å². The zero-order valence-corrected chi connectivity index (χ0v) is 48.8. The number of hydrogen-bond acceptors (Lipinski definition) is 22. The van der Waals surface area contributed by atoms with Crippen molar-refractivity contribution in [3.05, 3.63) is 93.6 Å². The fraction of sp³-hybridized carbons (Fsp3) is 0.500. The summed E-state index contributed by atoms with van der Waals surface area (Å²) in [5.41, 5.74) is 0.848. The molecule has 4 heterocycles. The van der Waals surface area contributed by atoms with Gasteiger partial charge in [-0.1, -0.05) is 44.5 Å². The number of aliphatic hydroxyl groups is 2. The molecule has 0 saturated carbocycles. The molecule has 6 aliphatic rings. The van der Waals surface area contributed by atoms with E-state index in [2.05, 4.69) is 26.2 Å². The predicted molar refractivity (Wildman–Crippen MR) is 303 cm³/mol. The quantitative estimate of drug-likeness (QED) is 0.0159. The smallest absolute Gasteiger partial charge is 0.507 e. The molecule has 10 atom stereocenters. The summed E-state index contributed by atoms with van der Waals surface area (Å²) in [4.78, 5) is 134. The van der Waals surface area contributed by atoms with Crippen LogP contribution in [-0.2, 0) is 70.2 Å². The maximum Gasteiger partial charge on any atom is 0.514 e. The first-order valence-electron chi connectivity index (χ1n) is 29.0. The van der Waals surface area contributed by atoms with Crippen molar-refractivity contribution >= 4 is 64.8 Å². The van der Waals surface area contributed by atoms with E-state index < -0.39 is 168 Å². The van der Waals surface area contributed by atoms with Gasteiger partial charge in [0.25, 0.3) is 11.8 Å². The maximum atomic E-state index is 14.7. The highest BCUT2D eigenvalue weighted by atomic mass is 16.7. The van der Waals surface area contributed by atoms with E-state index >= 15 is 0 Å². The molecular formula is C60H71N7O21. The second-order valence-electron chi connectivity index (χ2n) is 22.7. The van der Waals surface area contributed by atoms with Crippen LogP contribution in [0.2, 0.25) is 0 Å². The van der Waals surface area contributed by atoms with Gasteiger partial charge in [-0.25, -0.2) is 9.59 Å². The summed E-state index contributed by atoms with van der Waals surface area (Å²) in [5.74, 6) is -8.05. The number of Topliss-reactive ketones (excluding diaryl/α,β-unsaturated/α-hetero) is 1. The highest BCUT2D eigenvalue weighted by Crippen LogP contribution is 2.53. The number of phenols is 2. The summed E-state index contributed by atoms with van der Waals surface area (Å²) in [6, 6.07) is 6.47. The first-order chi connectivity index (χ1) is 42.0. The van der Waals surface area contributed by atoms with Crippen LogP contribution >= 0.6 is 0 Å². The van der Waals surface area contributed by atoms with Crippen LogP contribution in [0.15, 0.2) is 54.6 Å². The number of nitrogens with one attached hydrogen (secondary N) is 4. The fourth-order valence-electron chi connectivity index (χ4n) is 12.0. The van der Waals surface area contributed by atoms with Gasteiger partial charge >= 0.3 is 12.2 Å². The van der Waals surface area contributed by atoms with Crippen LogP contribution in [0.1, 0.15) is 127 Å². The summed E-state index contributed by atoms with van der Waals surface area (Å²) in [6.45, 7) is 4.83. The first kappa shape index (κ1) is 64.3. The highest BCUT2D eigenvalue weighted by Gasteiger charge is 2.55. The van der Waals surface area contributed by atoms with Gasteiger partial charge in [0.1, 0.15) is 54.3 Å². The number of hydrogen-bond donors (Lipinski definition) is 9. The summed E-state index contributed by atoms with van der Waals surface area (Å²) < 4.78 is 41.2. The minimum absolute atomic E-state index is 0.0428. The number of unbranched alkanes of at least 4 members (excludes halogenated alkanes) is 2. The topological polar surface area (TPSA) is 397 Å². The van der Waals surface area contributed by atoms with Crippen LogP contribution in [0.5, 0.6) is 17.2 Å². The standard InChI is InChI=1S/C60H71N7O21/c1-29(2)48(65-40(70)13-6-5-7-21-67-41(71)18-19-42(67)72)55(78)64-35(11-9-20-62-58(61)79)54(77)63-32-16-14-31(15-17-32)28-84-59(80)87-37-12-8-10-33-44(37)51(75)47-46(49(33)73)50(74)34-25-60(81,39(69)27-68)26-38(45(34)52(47)76)86-43-24-36-53(30(3)85-43)88-56-57(82-4)83-23-22-66(36)56/h8,10,12,14-19,29-30,35-36,38,43,48,53,56-57,68,74,76,81H,5-7,9,11,13,20-28H2,1-4H3,(H,63,77)(H,64,78)(H,65,70)(H3,61,62,79)/t30-,35+,36-,38-,43-,48+,53+,56+,57-,60-/m0/s1. The van der Waals surface area contributed by atoms with Gasteiger partial charge in [-0.3, -0.25) is 48.2 Å². The summed E-state index contributed by atoms with van der Waals surface area (Å²) in [6.07, 6.45) is -3.07. The molecule has 7 amide bonds. The second kappa shape index (κ2) is 27.4. The Morgan fingerprint density at radius 2 is 1.60 bits per heavy atom. The van der Waals surface area contributed by atoms with Gasteiger partial charge in [0.2, 0.25) is 23.5 Å². The lowest BCUT2D eigenvalue weighted by Gasteiger charge is -2.43. The highest BCUT2D eigenvalue weighted by molar-refractivity contribution is 6.31. The zero-order valence-electron chi connectivity index (χ0n) is 48.8. The number of nitrogens with two attached hydrogens (primary N) is 1. The van der Waals surface area contributed by atoms with Crippen LogP contribution in [-0.4, -0.2) is 184 Å². The molecule has 0 radical (unpaired) electrons. The Kier molecular flexibility index (Phi) is 20.0. The number of amides is 7. The molecule has 472 valence electrons. The van der Waals surface area contributed by atoms with E-state index in [1.165, 1.54) is 61.7 Å². The largest absolute Gasteiger partial charge is 0.514 e. The molecule has 4 aliphatic heterocycles. The van der Waals surface area contributed by atoms with E-state index in [1.54, 1.807) is 20.8 Å². The van der Waals surface area contributed by atoms with Gasteiger partial charge in [0.05, 0.1) is 35.5 Å². The molecule has 2 aliphatic carbocycles. The number of anilines is 1. The van der Waals surface area contributed by atoms with Gasteiger partial charge in [-0.2, -0.15) is 0 Å². The number of ketones is 3. The lowest BCUT2D eigenvalue weighted by atomic mass is 9.72. The average molecular weight is 1230 g/mol. The number of urea groups is 1. The van der Waals surface area contributed by atoms with E-state index in [0.29, 0.717) is 38.0 Å². The third-order valence-electron chi connectivity index (χ3n) is 16.4. The van der Waals surface area contributed by atoms with Crippen LogP contribution in [0.3, 0.4) is 0 Å². The molecule has 9 rings (SSSR count). The number of benzene rings is 3. The van der Waals surface area contributed by atoms with Crippen molar-refractivity contribution < 1.29 is 102 Å². The molecule has 10 N–H and O–H groups in total. The summed E-state index contributed by atoms with van der Waals surface area (Å²) in [7, 11) is 1.50. The van der Waals surface area contributed by atoms with E-state index in [1.807, 2.05) is 0 Å². The molecule has 0 spiro atoms. The van der Waals surface area contributed by atoms with Crippen molar-refractivity contribution in [1.29, 1.82) is 0 Å². The molecule has 0 bridgehead atoms. The maximum absolute atomic E-state index is 14.7. The Morgan fingerprint density at radius 3 is 2.30 bits per heavy atom. The molecular weight excluding hydrogens is 1150 g/mol. The average Bonchev–Trinajstić information content (AvgIpc) is 1.52. The van der Waals surface area contributed by atoms with Crippen LogP contribution < -0.4 is 31.7 Å². The van der Waals surface area contributed by atoms with Crippen molar-refractivity contribution in [1.82, 2.24) is 25.8 Å². The number of aliphatic hydroxyl groups excluding tert-OH is 1. The number of fused-ring (bicyclic) bond motifs is 6. The third kappa shape index (κ3) is 13.7. The Labute approximate surface area is 504 Å². The van der Waals surface area contributed by atoms with Crippen LogP contribution in [0, 0.1) is 5.92 Å². The molecule has 3 aromatic rings. The van der Waals surface area contributed by atoms with E-state index in [4.69, 9.17) is 38.9 Å². The van der Waals surface area contributed by atoms with Gasteiger partial charge < -0.3 is 80.6 Å². The Morgan fingerprint density at radius 1 is 0.875 bits per heavy atom. The lowest BCUT2D eigenvalue weighted by Crippen LogP contribution is -2.55. The monoisotopic (exact) mass is 1230 g/mol. The number of morpholine rings is 1. The minimum atomic E-state index is -2.38. The van der Waals surface area contributed by atoms with Crippen molar-refractivity contribution in [3.8, 4) is 17.2 Å². The number of nitrogens with zero attached hydrogens (tertiary/aromatic N) is 2. The van der Waals surface area contributed by atoms with Crippen molar-refractivity contribution in [3.63, 3.8) is 0 Å². The van der Waals surface area contributed by atoms with E-state index in [0.717, 1.165) is 4.90 Å². The molecule has 0 unspecified atom stereocenters. The summed E-state index contributed by atoms with van der Waals surface area (Å²) in [5, 5.41) is 56.5. The normalized spacial score (nSPS) is 24.3. The Bertz CT molecular complexity index is 3260. The second-order valence-corrected chi connectivity index (χ2v) is 22.7. The Hall–Kier alpha value is -8.22. The third-order valence-corrected chi connectivity index (χ3v) is 16.4. The summed E-state index contributed by atoms with van der Waals surface area (Å²) >= 11 is 0. The molecule has 3 fully saturated rings. The number of imide groups is 1. The molecule has 3 saturated heterocycles. The lowest BCUT2D eigenvalue weighted by molar-refractivity contribution is -0.256. The number of primary amides is 1. The Balaban J connectivity index is 0.841. The number of ether oxygens (including phenoxy) is 7. The number of aromatic hydroxyl groups is 2. The number of phenolic OH excluding ortho intramolecular Hbond substituents is 2. The molecule has 28 heteroatoms.